The van der Waals surface area contributed by atoms with E-state index in [4.69, 9.17) is 15.7 Å². The van der Waals surface area contributed by atoms with Gasteiger partial charge < -0.3 is 15.7 Å². The van der Waals surface area contributed by atoms with Crippen molar-refractivity contribution in [2.24, 2.45) is 16.8 Å². The van der Waals surface area contributed by atoms with Gasteiger partial charge >= 0.3 is 0 Å². The van der Waals surface area contributed by atoms with Crippen LogP contribution in [0.4, 0.5) is 0 Å². The van der Waals surface area contributed by atoms with E-state index in [0.29, 0.717) is 12.5 Å². The summed E-state index contributed by atoms with van der Waals surface area (Å²) in [5.41, 5.74) is 5.67. The second kappa shape index (κ2) is 5.14. The standard InChI is InChI=1S/C9H14N4O2/c1-6(2)5-15-9-7(8(10)13-14)11-3-4-12-9/h3-4,6,14H,5H2,1-2H3,(H2,10,13). The van der Waals surface area contributed by atoms with Crippen molar-refractivity contribution in [3.8, 4) is 5.88 Å². The topological polar surface area (TPSA) is 93.6 Å². The molecule has 0 aliphatic rings. The highest BCUT2D eigenvalue weighted by Crippen LogP contribution is 2.11. The molecule has 1 aromatic heterocycles. The van der Waals surface area contributed by atoms with Gasteiger partial charge in [-0.1, -0.05) is 19.0 Å². The van der Waals surface area contributed by atoms with Gasteiger partial charge in [0.25, 0.3) is 0 Å². The van der Waals surface area contributed by atoms with Crippen molar-refractivity contribution in [1.82, 2.24) is 9.97 Å². The Morgan fingerprint density at radius 2 is 2.20 bits per heavy atom. The molecule has 15 heavy (non-hydrogen) atoms. The molecule has 0 aliphatic carbocycles. The van der Waals surface area contributed by atoms with E-state index in [1.807, 2.05) is 13.8 Å². The number of rotatable bonds is 4. The van der Waals surface area contributed by atoms with E-state index in [1.54, 1.807) is 0 Å². The zero-order valence-corrected chi connectivity index (χ0v) is 8.71. The summed E-state index contributed by atoms with van der Waals surface area (Å²) in [5, 5.41) is 11.4. The van der Waals surface area contributed by atoms with Crippen LogP contribution in [0.2, 0.25) is 0 Å². The Bertz CT molecular complexity index is 352. The molecule has 82 valence electrons. The highest BCUT2D eigenvalue weighted by atomic mass is 16.5. The second-order valence-corrected chi connectivity index (χ2v) is 3.40. The normalized spacial score (nSPS) is 11.8. The van der Waals surface area contributed by atoms with Crippen LogP contribution in [0.1, 0.15) is 19.5 Å². The summed E-state index contributed by atoms with van der Waals surface area (Å²) in [6.45, 7) is 4.53. The summed E-state index contributed by atoms with van der Waals surface area (Å²) in [7, 11) is 0. The van der Waals surface area contributed by atoms with Crippen molar-refractivity contribution >= 4 is 5.84 Å². The van der Waals surface area contributed by atoms with Crippen LogP contribution in [0.3, 0.4) is 0 Å². The highest BCUT2D eigenvalue weighted by Gasteiger charge is 2.11. The molecular formula is C9H14N4O2. The number of oxime groups is 1. The van der Waals surface area contributed by atoms with Gasteiger partial charge in [0.2, 0.25) is 5.88 Å². The maximum Gasteiger partial charge on any atom is 0.243 e. The largest absolute Gasteiger partial charge is 0.476 e. The lowest BCUT2D eigenvalue weighted by molar-refractivity contribution is 0.259. The lowest BCUT2D eigenvalue weighted by atomic mass is 10.2. The lowest BCUT2D eigenvalue weighted by Gasteiger charge is -2.09. The Labute approximate surface area is 87.8 Å². The molecule has 1 heterocycles. The van der Waals surface area contributed by atoms with Crippen molar-refractivity contribution < 1.29 is 9.94 Å². The molecule has 0 amide bonds. The quantitative estimate of drug-likeness (QED) is 0.328. The minimum absolute atomic E-state index is 0.109. The molecular weight excluding hydrogens is 196 g/mol. The molecule has 0 unspecified atom stereocenters. The molecule has 0 atom stereocenters. The minimum atomic E-state index is -0.109. The number of aromatic nitrogens is 2. The van der Waals surface area contributed by atoms with E-state index >= 15 is 0 Å². The van der Waals surface area contributed by atoms with Gasteiger partial charge in [-0.3, -0.25) is 0 Å². The number of hydrogen-bond donors (Lipinski definition) is 2. The third kappa shape index (κ3) is 3.08. The first-order valence-corrected chi connectivity index (χ1v) is 4.56. The molecule has 0 fully saturated rings. The van der Waals surface area contributed by atoms with E-state index in [2.05, 4.69) is 15.1 Å². The first-order chi connectivity index (χ1) is 7.15. The van der Waals surface area contributed by atoms with Crippen molar-refractivity contribution in [2.75, 3.05) is 6.61 Å². The van der Waals surface area contributed by atoms with Gasteiger partial charge in [-0.15, -0.1) is 0 Å². The monoisotopic (exact) mass is 210 g/mol. The molecule has 6 heteroatoms. The maximum absolute atomic E-state index is 8.53. The predicted octanol–water partition coefficient (Wildman–Crippen LogP) is 0.606. The molecule has 0 spiro atoms. The zero-order chi connectivity index (χ0) is 11.3. The smallest absolute Gasteiger partial charge is 0.243 e. The van der Waals surface area contributed by atoms with E-state index in [1.165, 1.54) is 12.4 Å². The molecule has 0 bridgehead atoms. The summed E-state index contributed by atoms with van der Waals surface area (Å²) >= 11 is 0. The molecule has 1 rings (SSSR count). The Hall–Kier alpha value is -1.85. The number of amidine groups is 1. The molecule has 6 nitrogen and oxygen atoms in total. The van der Waals surface area contributed by atoms with E-state index in [0.717, 1.165) is 0 Å². The van der Waals surface area contributed by atoms with E-state index < -0.39 is 0 Å². The Kier molecular flexibility index (Phi) is 3.84. The Morgan fingerprint density at radius 3 is 2.80 bits per heavy atom. The fourth-order valence-electron chi connectivity index (χ4n) is 0.900. The van der Waals surface area contributed by atoms with Gasteiger partial charge in [0, 0.05) is 12.4 Å². The van der Waals surface area contributed by atoms with Crippen LogP contribution in [0.15, 0.2) is 17.5 Å². The maximum atomic E-state index is 8.53. The van der Waals surface area contributed by atoms with Crippen molar-refractivity contribution in [3.05, 3.63) is 18.1 Å². The number of ether oxygens (including phenoxy) is 1. The van der Waals surface area contributed by atoms with Crippen molar-refractivity contribution in [2.45, 2.75) is 13.8 Å². The highest BCUT2D eigenvalue weighted by molar-refractivity contribution is 5.97. The second-order valence-electron chi connectivity index (χ2n) is 3.40. The third-order valence-electron chi connectivity index (χ3n) is 1.57. The van der Waals surface area contributed by atoms with Gasteiger partial charge in [0.1, 0.15) is 0 Å². The minimum Gasteiger partial charge on any atom is -0.476 e. The molecule has 0 radical (unpaired) electrons. The van der Waals surface area contributed by atoms with Crippen LogP contribution in [0.5, 0.6) is 5.88 Å². The molecule has 1 aromatic rings. The van der Waals surface area contributed by atoms with Gasteiger partial charge in [-0.25, -0.2) is 9.97 Å². The first-order valence-electron chi connectivity index (χ1n) is 4.56. The van der Waals surface area contributed by atoms with Crippen molar-refractivity contribution in [3.63, 3.8) is 0 Å². The fourth-order valence-corrected chi connectivity index (χ4v) is 0.900. The molecule has 0 saturated carbocycles. The number of hydrogen-bond acceptors (Lipinski definition) is 5. The van der Waals surface area contributed by atoms with Gasteiger partial charge in [0.15, 0.2) is 11.5 Å². The van der Waals surface area contributed by atoms with Crippen LogP contribution in [-0.2, 0) is 0 Å². The molecule has 0 saturated heterocycles. The van der Waals surface area contributed by atoms with E-state index in [-0.39, 0.29) is 17.4 Å². The SMILES string of the molecule is CC(C)COc1nccnc1C(N)=NO. The van der Waals surface area contributed by atoms with Crippen LogP contribution in [0, 0.1) is 5.92 Å². The van der Waals surface area contributed by atoms with Crippen LogP contribution < -0.4 is 10.5 Å². The Morgan fingerprint density at radius 1 is 1.53 bits per heavy atom. The third-order valence-corrected chi connectivity index (χ3v) is 1.57. The predicted molar refractivity (Wildman–Crippen MR) is 54.9 cm³/mol. The van der Waals surface area contributed by atoms with Crippen LogP contribution in [-0.4, -0.2) is 27.6 Å². The average molecular weight is 210 g/mol. The Balaban J connectivity index is 2.87. The summed E-state index contributed by atoms with van der Waals surface area (Å²) in [6.07, 6.45) is 2.94. The molecule has 3 N–H and O–H groups in total. The summed E-state index contributed by atoms with van der Waals surface area (Å²) in [6, 6.07) is 0. The van der Waals surface area contributed by atoms with Gasteiger partial charge in [-0.05, 0) is 5.92 Å². The molecule has 0 aliphatic heterocycles. The number of nitrogens with zero attached hydrogens (tertiary/aromatic N) is 3. The fraction of sp³-hybridized carbons (Fsp3) is 0.444. The van der Waals surface area contributed by atoms with Gasteiger partial charge in [0.05, 0.1) is 6.61 Å². The van der Waals surface area contributed by atoms with Crippen LogP contribution >= 0.6 is 0 Å². The van der Waals surface area contributed by atoms with Crippen LogP contribution in [0.25, 0.3) is 0 Å². The lowest BCUT2D eigenvalue weighted by Crippen LogP contribution is -2.18. The summed E-state index contributed by atoms with van der Waals surface area (Å²) < 4.78 is 5.38. The first kappa shape index (κ1) is 11.2. The summed E-state index contributed by atoms with van der Waals surface area (Å²) in [5.74, 6) is 0.538. The molecule has 0 aromatic carbocycles. The van der Waals surface area contributed by atoms with E-state index in [9.17, 15) is 0 Å². The average Bonchev–Trinajstić information content (AvgIpc) is 2.25. The van der Waals surface area contributed by atoms with Crippen molar-refractivity contribution in [1.29, 1.82) is 0 Å². The zero-order valence-electron chi connectivity index (χ0n) is 8.71. The number of nitrogens with two attached hydrogens (primary N) is 1. The van der Waals surface area contributed by atoms with Gasteiger partial charge in [-0.2, -0.15) is 0 Å². The summed E-state index contributed by atoms with van der Waals surface area (Å²) in [4.78, 5) is 7.89.